The molecule has 0 aromatic carbocycles. The fourth-order valence-corrected chi connectivity index (χ4v) is 5.71. The van der Waals surface area contributed by atoms with E-state index in [1.807, 2.05) is 0 Å². The van der Waals surface area contributed by atoms with Gasteiger partial charge in [0.1, 0.15) is 0 Å². The summed E-state index contributed by atoms with van der Waals surface area (Å²) in [6, 6.07) is -0.230. The van der Waals surface area contributed by atoms with Crippen LogP contribution >= 0.6 is 15.7 Å². The second kappa shape index (κ2) is 22.3. The van der Waals surface area contributed by atoms with Crippen molar-refractivity contribution in [1.29, 1.82) is 0 Å². The van der Waals surface area contributed by atoms with Gasteiger partial charge in [0.25, 0.3) is 0 Å². The Bertz CT molecular complexity index is 609. The molecular weight excluding hydrogens is 633 g/mol. The second-order valence-electron chi connectivity index (χ2n) is 4.35. The molecule has 9 nitrogen and oxygen atoms in total. The van der Waals surface area contributed by atoms with Gasteiger partial charge < -0.3 is 0 Å². The van der Waals surface area contributed by atoms with E-state index in [4.69, 9.17) is 23.3 Å². The van der Waals surface area contributed by atoms with Gasteiger partial charge in [-0.1, -0.05) is 0 Å². The van der Waals surface area contributed by atoms with Crippen molar-refractivity contribution in [3.63, 3.8) is 0 Å². The van der Waals surface area contributed by atoms with Crippen LogP contribution in [-0.2, 0) is 58.6 Å². The van der Waals surface area contributed by atoms with Crippen molar-refractivity contribution >= 4 is 25.9 Å². The maximum Gasteiger partial charge on any atom is 0 e. The van der Waals surface area contributed by atoms with Crippen LogP contribution in [0.2, 0.25) is 0 Å². The Hall–Kier alpha value is -0.352. The first kappa shape index (κ1) is 42.7. The normalized spacial score (nSPS) is 16.6. The van der Waals surface area contributed by atoms with Crippen LogP contribution in [0.3, 0.4) is 0 Å². The predicted molar refractivity (Wildman–Crippen MR) is 84.4 cm³/mol. The molecule has 0 spiro atoms. The van der Waals surface area contributed by atoms with Gasteiger partial charge in [0.05, 0.1) is 0 Å². The molecule has 1 aliphatic rings. The molecule has 0 atom stereocenters. The predicted octanol–water partition coefficient (Wildman–Crippen LogP) is 3.21. The van der Waals surface area contributed by atoms with Crippen LogP contribution in [-0.4, -0.2) is 36.1 Å². The van der Waals surface area contributed by atoms with Crippen molar-refractivity contribution in [2.45, 2.75) is 50.5 Å². The monoisotopic (exact) mass is 647 g/mol. The van der Waals surface area contributed by atoms with Crippen molar-refractivity contribution in [2.24, 2.45) is 0 Å². The van der Waals surface area contributed by atoms with Crippen LogP contribution in [0.15, 0.2) is 0 Å². The van der Waals surface area contributed by atoms with Crippen molar-refractivity contribution < 1.29 is 70.1 Å². The summed E-state index contributed by atoms with van der Waals surface area (Å²) >= 11 is 0. The summed E-state index contributed by atoms with van der Waals surface area (Å²) in [5.41, 5.74) is -5.38. The Morgan fingerprint density at radius 1 is 0.828 bits per heavy atom. The van der Waals surface area contributed by atoms with E-state index < -0.39 is 20.8 Å². The van der Waals surface area contributed by atoms with Gasteiger partial charge in [0, 0.05) is 33.1 Å². The van der Waals surface area contributed by atoms with Crippen LogP contribution < -0.4 is 0 Å². The van der Waals surface area contributed by atoms with E-state index in [9.17, 15) is 21.6 Å². The Balaban J connectivity index is -0.000000105. The first-order valence-electron chi connectivity index (χ1n) is 6.19. The zero-order valence-corrected chi connectivity index (χ0v) is 20.8. The minimum Gasteiger partial charge on any atom is 0 e. The van der Waals surface area contributed by atoms with Gasteiger partial charge in [-0.25, -0.2) is 4.18 Å². The molecule has 1 heterocycles. The maximum absolute atomic E-state index is 12.3. The van der Waals surface area contributed by atoms with E-state index in [-0.39, 0.29) is 33.1 Å². The molecule has 0 radical (unpaired) electrons. The molecule has 29 heavy (non-hydrogen) atoms. The Morgan fingerprint density at radius 3 is 1.21 bits per heavy atom. The van der Waals surface area contributed by atoms with Crippen molar-refractivity contribution in [3.8, 4) is 0 Å². The van der Waals surface area contributed by atoms with Gasteiger partial charge in [0.15, 0.2) is 0 Å². The molecular formula is C13H14F3NO8P2SW. The zero-order chi connectivity index (χ0) is 24.4. The molecule has 0 fully saturated rings. The SMILES string of the molecule is CC(C)N(C(C)C)C1(OS(=O)(=O)C(F)(F)F)P=P1.[C-]#[O+].[C-]#[O+].[C-]#[O+].[C-]#[O+].[C-]#[O+].[W]. The minimum atomic E-state index is -5.56. The third kappa shape index (κ3) is 16.1. The topological polar surface area (TPSA) is 146 Å². The maximum atomic E-state index is 12.3. The average Bonchev–Trinajstić information content (AvgIpc) is 3.41. The molecule has 0 bridgehead atoms. The fourth-order valence-electron chi connectivity index (χ4n) is 1.69. The number of nitrogens with zero attached hydrogens (tertiary/aromatic N) is 1. The first-order chi connectivity index (χ1) is 12.9. The Labute approximate surface area is 184 Å². The van der Waals surface area contributed by atoms with E-state index in [2.05, 4.69) is 37.4 Å². The third-order valence-corrected chi connectivity index (χ3v) is 6.31. The van der Waals surface area contributed by atoms with Gasteiger partial charge in [-0.05, 0) is 43.4 Å². The average molecular weight is 647 g/mol. The molecule has 1 rings (SSSR count). The summed E-state index contributed by atoms with van der Waals surface area (Å²) in [5.74, 6) is 0. The van der Waals surface area contributed by atoms with Crippen LogP contribution in [0.1, 0.15) is 27.7 Å². The Morgan fingerprint density at radius 2 is 1.07 bits per heavy atom. The number of hydrogen-bond donors (Lipinski definition) is 0. The van der Waals surface area contributed by atoms with E-state index in [1.165, 1.54) is 0 Å². The molecule has 162 valence electrons. The smallest absolute Gasteiger partial charge is 0 e. The molecule has 0 aliphatic carbocycles. The molecule has 0 unspecified atom stereocenters. The van der Waals surface area contributed by atoms with Gasteiger partial charge in [-0.15, -0.1) is 0 Å². The van der Waals surface area contributed by atoms with E-state index >= 15 is 0 Å². The summed E-state index contributed by atoms with van der Waals surface area (Å²) in [7, 11) is -4.53. The molecule has 0 saturated heterocycles. The van der Waals surface area contributed by atoms with Crippen LogP contribution in [0.5, 0.6) is 0 Å². The standard InChI is InChI=1S/C8H14F3NO3P2S.5CO.W/c1-5(2)12(6(3)4)8(16-17-8)15-18(13,14)7(9,10)11;5*1-2;/h5-6H,1-4H3;;;;;;. The molecule has 1 aliphatic heterocycles. The largest absolute Gasteiger partial charge is 0 e. The van der Waals surface area contributed by atoms with Crippen LogP contribution in [0, 0.1) is 33.3 Å². The summed E-state index contributed by atoms with van der Waals surface area (Å²) in [4.78, 5) is 1.64. The molecule has 0 aromatic heterocycles. The third-order valence-electron chi connectivity index (χ3n) is 2.23. The number of hydrogen-bond acceptors (Lipinski definition) is 4. The van der Waals surface area contributed by atoms with Crippen LogP contribution in [0.4, 0.5) is 13.2 Å². The molecule has 0 aromatic rings. The molecule has 0 amide bonds. The van der Waals surface area contributed by atoms with E-state index in [0.29, 0.717) is 15.7 Å². The fraction of sp³-hybridized carbons (Fsp3) is 0.615. The van der Waals surface area contributed by atoms with Crippen molar-refractivity contribution in [3.05, 3.63) is 33.3 Å². The second-order valence-corrected chi connectivity index (χ2v) is 9.05. The van der Waals surface area contributed by atoms with Gasteiger partial charge in [-0.2, -0.15) is 21.6 Å². The minimum absolute atomic E-state index is 0. The Kier molecular flexibility index (Phi) is 32.9. The quantitative estimate of drug-likeness (QED) is 0.113. The summed E-state index contributed by atoms with van der Waals surface area (Å²) in [6.07, 6.45) is 0. The summed E-state index contributed by atoms with van der Waals surface area (Å²) in [6.45, 7) is 29.6. The number of halogens is 3. The number of rotatable bonds is 5. The van der Waals surface area contributed by atoms with Crippen molar-refractivity contribution in [2.75, 3.05) is 0 Å². The van der Waals surface area contributed by atoms with Crippen LogP contribution in [0.25, 0.3) is 0 Å². The molecule has 0 N–H and O–H groups in total. The van der Waals surface area contributed by atoms with E-state index in [1.54, 1.807) is 32.6 Å². The first-order valence-corrected chi connectivity index (χ1v) is 10.1. The van der Waals surface area contributed by atoms with Gasteiger partial charge in [-0.3, -0.25) is 4.90 Å². The van der Waals surface area contributed by atoms with Gasteiger partial charge in [0.2, 0.25) is 5.21 Å². The zero-order valence-electron chi connectivity index (χ0n) is 15.2. The number of alkyl halides is 3. The summed E-state index contributed by atoms with van der Waals surface area (Å²) in [5, 5.41) is -1.38. The van der Waals surface area contributed by atoms with Crippen molar-refractivity contribution in [1.82, 2.24) is 4.90 Å². The van der Waals surface area contributed by atoms with E-state index in [0.717, 1.165) is 0 Å². The van der Waals surface area contributed by atoms with Gasteiger partial charge >= 0.3 is 72.1 Å². The summed E-state index contributed by atoms with van der Waals surface area (Å²) < 4.78 is 101. The molecule has 0 saturated carbocycles. The molecule has 16 heteroatoms.